The van der Waals surface area contributed by atoms with Crippen LogP contribution in [0.2, 0.25) is 0 Å². The lowest BCUT2D eigenvalue weighted by atomic mass is 10.6. The van der Waals surface area contributed by atoms with Crippen molar-refractivity contribution in [3.05, 3.63) is 12.7 Å². The Bertz CT molecular complexity index is 63.4. The third kappa shape index (κ3) is 9.49. The lowest BCUT2D eigenvalue weighted by Gasteiger charge is -2.21. The van der Waals surface area contributed by atoms with Crippen LogP contribution >= 0.6 is 0 Å². The predicted octanol–water partition coefficient (Wildman–Crippen LogP) is -2.12. The van der Waals surface area contributed by atoms with E-state index in [1.165, 1.54) is 0 Å². The molecule has 0 amide bonds. The van der Waals surface area contributed by atoms with Crippen molar-refractivity contribution in [2.24, 2.45) is 0 Å². The van der Waals surface area contributed by atoms with E-state index >= 15 is 0 Å². The fourth-order valence-electron chi connectivity index (χ4n) is 0.387. The minimum absolute atomic E-state index is 0. The molecule has 0 heterocycles. The molecule has 50 valence electrons. The zero-order chi connectivity index (χ0) is 5.91. The van der Waals surface area contributed by atoms with Crippen LogP contribution in [0.15, 0.2) is 12.7 Å². The molecule has 0 spiro atoms. The summed E-state index contributed by atoms with van der Waals surface area (Å²) in [5.41, 5.74) is 0. The minimum atomic E-state index is 0. The van der Waals surface area contributed by atoms with Gasteiger partial charge in [0, 0.05) is 0 Å². The summed E-state index contributed by atoms with van der Waals surface area (Å²) in [5, 5.41) is 0. The summed E-state index contributed by atoms with van der Waals surface area (Å²) in [7, 11) is 6.42. The molecule has 0 aliphatic rings. The SMILES string of the molecule is C=CC[15N+](C)(C)C.[Br-]. The molecule has 0 saturated carbocycles. The van der Waals surface area contributed by atoms with Gasteiger partial charge in [-0.2, -0.15) is 0 Å². The van der Waals surface area contributed by atoms with Crippen LogP contribution < -0.4 is 17.0 Å². The van der Waals surface area contributed by atoms with E-state index in [0.717, 1.165) is 11.0 Å². The van der Waals surface area contributed by atoms with Crippen molar-refractivity contribution in [1.29, 1.82) is 0 Å². The van der Waals surface area contributed by atoms with E-state index in [0.29, 0.717) is 0 Å². The fourth-order valence-corrected chi connectivity index (χ4v) is 0.387. The number of quaternary nitrogens is 1. The highest BCUT2D eigenvalue weighted by atomic mass is 79.9. The fraction of sp³-hybridized carbons (Fsp3) is 0.667. The zero-order valence-electron chi connectivity index (χ0n) is 5.82. The summed E-state index contributed by atoms with van der Waals surface area (Å²) in [4.78, 5) is 0. The maximum absolute atomic E-state index is 3.63. The number of hydrogen-bond acceptors (Lipinski definition) is 0. The molecule has 0 bridgehead atoms. The van der Waals surface area contributed by atoms with E-state index in [1.54, 1.807) is 0 Å². The molecule has 0 saturated heterocycles. The Morgan fingerprint density at radius 2 is 1.75 bits per heavy atom. The van der Waals surface area contributed by atoms with E-state index in [-0.39, 0.29) is 17.0 Å². The number of rotatable bonds is 2. The van der Waals surface area contributed by atoms with Crippen LogP contribution in [-0.2, 0) is 0 Å². The number of hydrogen-bond donors (Lipinski definition) is 0. The smallest absolute Gasteiger partial charge is 0.0964 e. The first-order valence-electron chi connectivity index (χ1n) is 2.47. The number of nitrogens with zero attached hydrogens (tertiary/aromatic N) is 1. The lowest BCUT2D eigenvalue weighted by Crippen LogP contribution is -3.00. The Hall–Kier alpha value is 0.180. The highest BCUT2D eigenvalue weighted by Gasteiger charge is 1.99. The van der Waals surface area contributed by atoms with E-state index < -0.39 is 0 Å². The molecule has 8 heavy (non-hydrogen) atoms. The monoisotopic (exact) mass is 180 g/mol. The average molecular weight is 181 g/mol. The normalized spacial score (nSPS) is 9.88. The molecule has 0 aromatic rings. The third-order valence-electron chi connectivity index (χ3n) is 0.677. The van der Waals surface area contributed by atoms with Crippen molar-refractivity contribution in [3.63, 3.8) is 0 Å². The van der Waals surface area contributed by atoms with Gasteiger partial charge in [0.05, 0.1) is 27.7 Å². The van der Waals surface area contributed by atoms with Crippen LogP contribution in [0, 0.1) is 0 Å². The van der Waals surface area contributed by atoms with Crippen LogP contribution in [0.5, 0.6) is 0 Å². The molecule has 0 rings (SSSR count). The van der Waals surface area contributed by atoms with E-state index in [9.17, 15) is 0 Å². The molecule has 0 aliphatic carbocycles. The Labute approximate surface area is 62.4 Å². The first-order chi connectivity index (χ1) is 3.06. The number of halogens is 1. The van der Waals surface area contributed by atoms with Crippen molar-refractivity contribution in [2.75, 3.05) is 27.7 Å². The van der Waals surface area contributed by atoms with Gasteiger partial charge in [-0.1, -0.05) is 6.58 Å². The first-order valence-corrected chi connectivity index (χ1v) is 2.47. The molecule has 0 atom stereocenters. The van der Waals surface area contributed by atoms with E-state index in [4.69, 9.17) is 0 Å². The van der Waals surface area contributed by atoms with Gasteiger partial charge in [0.15, 0.2) is 0 Å². The van der Waals surface area contributed by atoms with Gasteiger partial charge < -0.3 is 21.5 Å². The third-order valence-corrected chi connectivity index (χ3v) is 0.677. The lowest BCUT2D eigenvalue weighted by molar-refractivity contribution is -0.864. The summed E-state index contributed by atoms with van der Waals surface area (Å²) in [6, 6.07) is 0. The molecule has 2 heteroatoms. The van der Waals surface area contributed by atoms with Crippen LogP contribution in [0.3, 0.4) is 0 Å². The number of likely N-dealkylation sites (N-methyl/N-ethyl adjacent to an activating group) is 1. The van der Waals surface area contributed by atoms with Crippen molar-refractivity contribution < 1.29 is 21.5 Å². The Morgan fingerprint density at radius 1 is 1.38 bits per heavy atom. The average Bonchev–Trinajstić information content (AvgIpc) is 1.30. The largest absolute Gasteiger partial charge is 1.00 e. The summed E-state index contributed by atoms with van der Waals surface area (Å²) in [5.74, 6) is 0. The van der Waals surface area contributed by atoms with Gasteiger partial charge in [-0.15, -0.1) is 0 Å². The summed E-state index contributed by atoms with van der Waals surface area (Å²) in [6.07, 6.45) is 1.93. The second-order valence-electron chi connectivity index (χ2n) is 2.76. The Kier molecular flexibility index (Phi) is 5.66. The molecule has 0 aliphatic heterocycles. The second kappa shape index (κ2) is 4.10. The maximum atomic E-state index is 3.63. The molecule has 0 N–H and O–H groups in total. The van der Waals surface area contributed by atoms with Gasteiger partial charge in [-0.25, -0.2) is 0 Å². The molecule has 0 unspecified atom stereocenters. The topological polar surface area (TPSA) is 0 Å². The van der Waals surface area contributed by atoms with Crippen LogP contribution in [0.25, 0.3) is 0 Å². The van der Waals surface area contributed by atoms with Crippen molar-refractivity contribution in [2.45, 2.75) is 0 Å². The van der Waals surface area contributed by atoms with Crippen molar-refractivity contribution in [3.8, 4) is 0 Å². The van der Waals surface area contributed by atoms with Gasteiger partial charge in [0.25, 0.3) is 0 Å². The molecular formula is C6H14BrN. The summed E-state index contributed by atoms with van der Waals surface area (Å²) in [6.45, 7) is 4.67. The predicted molar refractivity (Wildman–Crippen MR) is 33.1 cm³/mol. The van der Waals surface area contributed by atoms with E-state index in [1.807, 2.05) is 6.08 Å². The van der Waals surface area contributed by atoms with Crippen molar-refractivity contribution in [1.82, 2.24) is 0 Å². The van der Waals surface area contributed by atoms with E-state index in [2.05, 4.69) is 27.7 Å². The first kappa shape index (κ1) is 11.0. The van der Waals surface area contributed by atoms with Gasteiger partial charge in [0.2, 0.25) is 0 Å². The molecule has 0 aromatic carbocycles. The standard InChI is InChI=1S/C6H14N.BrH/c1-5-6-7(2,3)4;/h5H,1,6H2,2-4H3;1H/q+1;/p-1/i7+1;. The van der Waals surface area contributed by atoms with Gasteiger partial charge >= 0.3 is 0 Å². The highest BCUT2D eigenvalue weighted by Crippen LogP contribution is 1.86. The zero-order valence-corrected chi connectivity index (χ0v) is 7.40. The van der Waals surface area contributed by atoms with Crippen molar-refractivity contribution >= 4 is 0 Å². The van der Waals surface area contributed by atoms with Crippen LogP contribution in [-0.4, -0.2) is 32.2 Å². The molecule has 0 radical (unpaired) electrons. The molecule has 0 aromatic heterocycles. The van der Waals surface area contributed by atoms with Gasteiger partial charge in [-0.05, 0) is 6.08 Å². The summed E-state index contributed by atoms with van der Waals surface area (Å²) >= 11 is 0. The Balaban J connectivity index is 0. The summed E-state index contributed by atoms with van der Waals surface area (Å²) < 4.78 is 0.976. The van der Waals surface area contributed by atoms with Crippen LogP contribution in [0.1, 0.15) is 0 Å². The van der Waals surface area contributed by atoms with Gasteiger partial charge in [-0.3, -0.25) is 0 Å². The molecule has 0 fully saturated rings. The quantitative estimate of drug-likeness (QED) is 0.259. The molecular weight excluding hydrogens is 167 g/mol. The highest BCUT2D eigenvalue weighted by molar-refractivity contribution is 4.63. The molecule has 1 nitrogen and oxygen atoms in total. The van der Waals surface area contributed by atoms with Crippen LogP contribution in [0.4, 0.5) is 0 Å². The second-order valence-corrected chi connectivity index (χ2v) is 2.76. The van der Waals surface area contributed by atoms with Gasteiger partial charge in [0.1, 0.15) is 0 Å². The Morgan fingerprint density at radius 3 is 1.75 bits per heavy atom. The minimum Gasteiger partial charge on any atom is -1.00 e. The maximum Gasteiger partial charge on any atom is 0.0964 e.